The van der Waals surface area contributed by atoms with Gasteiger partial charge in [0.15, 0.2) is 5.12 Å². The van der Waals surface area contributed by atoms with Crippen LogP contribution in [-0.2, 0) is 23.9 Å². The molecule has 1 aliphatic carbocycles. The van der Waals surface area contributed by atoms with E-state index in [0.29, 0.717) is 6.42 Å². The lowest BCUT2D eigenvalue weighted by atomic mass is 9.98. The third kappa shape index (κ3) is 14.7. The molecule has 0 spiro atoms. The second-order valence-corrected chi connectivity index (χ2v) is 13.7. The molecule has 0 heterocycles. The molecule has 0 radical (unpaired) electrons. The number of rotatable bonds is 24. The highest BCUT2D eigenvalue weighted by Crippen LogP contribution is 2.44. The van der Waals surface area contributed by atoms with Gasteiger partial charge in [0, 0.05) is 18.1 Å². The number of hydrogen-bond donors (Lipinski definition) is 4. The summed E-state index contributed by atoms with van der Waals surface area (Å²) in [7, 11) is 0. The fourth-order valence-corrected chi connectivity index (χ4v) is 6.87. The van der Waals surface area contributed by atoms with Crippen molar-refractivity contribution in [2.24, 2.45) is 0 Å². The number of alkyl carbamates (subject to hydrolysis) is 1. The van der Waals surface area contributed by atoms with Gasteiger partial charge in [0.25, 0.3) is 0 Å². The van der Waals surface area contributed by atoms with Gasteiger partial charge in [0.1, 0.15) is 19.2 Å². The molecule has 4 N–H and O–H groups in total. The Morgan fingerprint density at radius 3 is 1.78 bits per heavy atom. The second-order valence-electron chi connectivity index (χ2n) is 12.6. The summed E-state index contributed by atoms with van der Waals surface area (Å²) in [5.41, 5.74) is 4.34. The maximum Gasteiger partial charge on any atom is 0.407 e. The van der Waals surface area contributed by atoms with Crippen molar-refractivity contribution in [3.63, 3.8) is 0 Å². The molecule has 0 aromatic heterocycles. The monoisotopic (exact) mass is 695 g/mol. The topological polar surface area (TPSA) is 151 Å². The number of unbranched alkanes of at least 4 members (excludes halogenated alkanes) is 12. The van der Waals surface area contributed by atoms with Crippen LogP contribution >= 0.6 is 11.8 Å². The molecular formula is C38H53N3O7S. The van der Waals surface area contributed by atoms with E-state index in [4.69, 9.17) is 4.74 Å². The molecule has 268 valence electrons. The Labute approximate surface area is 294 Å². The number of carboxylic acids is 1. The predicted octanol–water partition coefficient (Wildman–Crippen LogP) is 6.95. The largest absolute Gasteiger partial charge is 0.480 e. The van der Waals surface area contributed by atoms with Crippen molar-refractivity contribution in [1.82, 2.24) is 16.0 Å². The second kappa shape index (κ2) is 22.7. The Morgan fingerprint density at radius 1 is 0.714 bits per heavy atom. The normalized spacial score (nSPS) is 12.4. The van der Waals surface area contributed by atoms with Gasteiger partial charge in [-0.2, -0.15) is 0 Å². The molecule has 0 fully saturated rings. The molecule has 3 rings (SSSR count). The molecule has 1 aliphatic rings. The SMILES string of the molecule is CCCCCCCCCCCCCCCC(=O)SCC(NC(=O)CNC(=O)CNC(=O)OCC1c2ccccc2-c2ccccc21)C(=O)O. The Hall–Kier alpha value is -3.86. The zero-order valence-electron chi connectivity index (χ0n) is 28.8. The lowest BCUT2D eigenvalue weighted by Crippen LogP contribution is -2.48. The molecule has 11 heteroatoms. The van der Waals surface area contributed by atoms with Gasteiger partial charge in [0.05, 0.1) is 6.54 Å². The predicted molar refractivity (Wildman–Crippen MR) is 193 cm³/mol. The molecule has 2 aromatic carbocycles. The van der Waals surface area contributed by atoms with Crippen molar-refractivity contribution in [3.8, 4) is 11.1 Å². The minimum absolute atomic E-state index is 0.0976. The molecule has 1 unspecified atom stereocenters. The van der Waals surface area contributed by atoms with Gasteiger partial charge in [-0.3, -0.25) is 14.4 Å². The number of hydrogen-bond acceptors (Lipinski definition) is 7. The molecular weight excluding hydrogens is 642 g/mol. The minimum atomic E-state index is -1.27. The smallest absolute Gasteiger partial charge is 0.407 e. The summed E-state index contributed by atoms with van der Waals surface area (Å²) < 4.78 is 5.41. The van der Waals surface area contributed by atoms with Crippen LogP contribution in [0.15, 0.2) is 48.5 Å². The standard InChI is InChI=1S/C38H53N3O7S/c1-2-3-4-5-6-7-8-9-10-11-12-13-14-23-36(44)49-27-33(37(45)46)41-35(43)25-39-34(42)24-40-38(47)48-26-32-30-21-17-15-19-28(30)29-20-16-18-22-31(29)32/h15-22,32-33H,2-14,23-27H2,1H3,(H,39,42)(H,40,47)(H,41,43)(H,45,46). The van der Waals surface area contributed by atoms with Crippen LogP contribution in [-0.4, -0.2) is 65.6 Å². The first-order chi connectivity index (χ1) is 23.8. The van der Waals surface area contributed by atoms with E-state index in [1.165, 1.54) is 64.2 Å². The number of carbonyl (C=O) groups excluding carboxylic acids is 4. The lowest BCUT2D eigenvalue weighted by molar-refractivity contribution is -0.141. The highest BCUT2D eigenvalue weighted by molar-refractivity contribution is 8.13. The zero-order valence-corrected chi connectivity index (χ0v) is 29.6. The number of nitrogens with one attached hydrogen (secondary N) is 3. The summed E-state index contributed by atoms with van der Waals surface area (Å²) in [6, 6.07) is 14.6. The van der Waals surface area contributed by atoms with Crippen LogP contribution in [0.4, 0.5) is 4.79 Å². The van der Waals surface area contributed by atoms with Gasteiger partial charge in [-0.05, 0) is 28.7 Å². The van der Waals surface area contributed by atoms with Crippen LogP contribution in [0, 0.1) is 0 Å². The van der Waals surface area contributed by atoms with Crippen molar-refractivity contribution in [1.29, 1.82) is 0 Å². The number of ether oxygens (including phenoxy) is 1. The first-order valence-electron chi connectivity index (χ1n) is 17.8. The van der Waals surface area contributed by atoms with Gasteiger partial charge in [-0.25, -0.2) is 9.59 Å². The van der Waals surface area contributed by atoms with Crippen LogP contribution in [0.5, 0.6) is 0 Å². The average molecular weight is 696 g/mol. The molecule has 3 amide bonds. The molecule has 10 nitrogen and oxygen atoms in total. The average Bonchev–Trinajstić information content (AvgIpc) is 3.42. The summed E-state index contributed by atoms with van der Waals surface area (Å²) in [5.74, 6) is -2.84. The summed E-state index contributed by atoms with van der Waals surface area (Å²) in [4.78, 5) is 60.8. The third-order valence-corrected chi connectivity index (χ3v) is 9.74. The molecule has 0 saturated heterocycles. The first-order valence-corrected chi connectivity index (χ1v) is 18.8. The van der Waals surface area contributed by atoms with E-state index in [2.05, 4.69) is 22.9 Å². The fraction of sp³-hybridized carbons (Fsp3) is 0.553. The fourth-order valence-electron chi connectivity index (χ4n) is 6.00. The van der Waals surface area contributed by atoms with Crippen LogP contribution < -0.4 is 16.0 Å². The van der Waals surface area contributed by atoms with Crippen LogP contribution in [0.25, 0.3) is 11.1 Å². The summed E-state index contributed by atoms with van der Waals surface area (Å²) in [6.45, 7) is 1.43. The Kier molecular flexibility index (Phi) is 18.3. The first kappa shape index (κ1) is 39.6. The Balaban J connectivity index is 1.22. The van der Waals surface area contributed by atoms with Crippen molar-refractivity contribution in [3.05, 3.63) is 59.7 Å². The van der Waals surface area contributed by atoms with Crippen molar-refractivity contribution in [2.45, 2.75) is 109 Å². The van der Waals surface area contributed by atoms with Crippen molar-refractivity contribution in [2.75, 3.05) is 25.4 Å². The van der Waals surface area contributed by atoms with E-state index < -0.39 is 43.0 Å². The number of aliphatic carboxylic acids is 1. The van der Waals surface area contributed by atoms with Gasteiger partial charge < -0.3 is 25.8 Å². The molecule has 0 bridgehead atoms. The molecule has 2 aromatic rings. The third-order valence-electron chi connectivity index (χ3n) is 8.71. The van der Waals surface area contributed by atoms with E-state index in [9.17, 15) is 29.1 Å². The number of carbonyl (C=O) groups is 5. The van der Waals surface area contributed by atoms with E-state index >= 15 is 0 Å². The Bertz CT molecular complexity index is 1320. The number of thioether (sulfide) groups is 1. The van der Waals surface area contributed by atoms with E-state index in [0.717, 1.165) is 53.3 Å². The van der Waals surface area contributed by atoms with Crippen LogP contribution in [0.2, 0.25) is 0 Å². The molecule has 0 aliphatic heterocycles. The number of fused-ring (bicyclic) bond motifs is 3. The molecule has 1 atom stereocenters. The summed E-state index contributed by atoms with van der Waals surface area (Å²) in [5, 5.41) is 16.5. The summed E-state index contributed by atoms with van der Waals surface area (Å²) >= 11 is 0.898. The van der Waals surface area contributed by atoms with Crippen molar-refractivity contribution < 1.29 is 33.8 Å². The maximum atomic E-state index is 12.3. The van der Waals surface area contributed by atoms with Crippen molar-refractivity contribution >= 4 is 40.8 Å². The van der Waals surface area contributed by atoms with E-state index in [1.54, 1.807) is 0 Å². The highest BCUT2D eigenvalue weighted by atomic mass is 32.2. The highest BCUT2D eigenvalue weighted by Gasteiger charge is 2.29. The number of benzene rings is 2. The van der Waals surface area contributed by atoms with Gasteiger partial charge in [0.2, 0.25) is 11.8 Å². The van der Waals surface area contributed by atoms with Gasteiger partial charge >= 0.3 is 12.1 Å². The van der Waals surface area contributed by atoms with Crippen LogP contribution in [0.1, 0.15) is 114 Å². The minimum Gasteiger partial charge on any atom is -0.480 e. The molecule has 49 heavy (non-hydrogen) atoms. The lowest BCUT2D eigenvalue weighted by Gasteiger charge is -2.15. The zero-order chi connectivity index (χ0) is 35.3. The number of carboxylic acid groups (broad SMARTS) is 1. The number of amides is 3. The Morgan fingerprint density at radius 2 is 1.22 bits per heavy atom. The maximum absolute atomic E-state index is 12.3. The quantitative estimate of drug-likeness (QED) is 0.0862. The van der Waals surface area contributed by atoms with E-state index in [-0.39, 0.29) is 23.4 Å². The van der Waals surface area contributed by atoms with Gasteiger partial charge in [-0.15, -0.1) is 0 Å². The molecule has 0 saturated carbocycles. The summed E-state index contributed by atoms with van der Waals surface area (Å²) in [6.07, 6.45) is 15.4. The van der Waals surface area contributed by atoms with Gasteiger partial charge in [-0.1, -0.05) is 144 Å². The van der Waals surface area contributed by atoms with E-state index in [1.807, 2.05) is 48.5 Å². The van der Waals surface area contributed by atoms with Crippen LogP contribution in [0.3, 0.4) is 0 Å².